The van der Waals surface area contributed by atoms with E-state index in [1.165, 1.54) is 0 Å². The zero-order valence-corrected chi connectivity index (χ0v) is 11.7. The van der Waals surface area contributed by atoms with Gasteiger partial charge in [-0.05, 0) is 37.5 Å². The third-order valence-corrected chi connectivity index (χ3v) is 3.20. The van der Waals surface area contributed by atoms with Crippen LogP contribution in [0.25, 0.3) is 0 Å². The van der Waals surface area contributed by atoms with Gasteiger partial charge >= 0.3 is 5.97 Å². The van der Waals surface area contributed by atoms with Crippen molar-refractivity contribution in [3.05, 3.63) is 38.0 Å². The number of carbonyl (C=O) groups is 4. The molecule has 6 heteroatoms. The predicted octanol–water partition coefficient (Wildman–Crippen LogP) is 0.820. The van der Waals surface area contributed by atoms with Gasteiger partial charge in [-0.3, -0.25) is 19.2 Å². The minimum atomic E-state index is -1.97. The molecule has 21 heavy (non-hydrogen) atoms. The standard InChI is InChI=1S/C15H19NO5/c1-4-11(17)15(12(18)5-2,13(19)6-3)9-7-8-10(16)14(20)21/h4-6,10H,1-3,7-9,16H2,(H,20,21). The summed E-state index contributed by atoms with van der Waals surface area (Å²) >= 11 is 0. The van der Waals surface area contributed by atoms with Gasteiger partial charge in [-0.1, -0.05) is 19.7 Å². The van der Waals surface area contributed by atoms with Crippen molar-refractivity contribution in [2.24, 2.45) is 11.1 Å². The number of allylic oxidation sites excluding steroid dienone is 3. The first kappa shape index (κ1) is 18.7. The number of carboxylic acid groups (broad SMARTS) is 1. The van der Waals surface area contributed by atoms with Crippen LogP contribution >= 0.6 is 0 Å². The van der Waals surface area contributed by atoms with Gasteiger partial charge in [-0.2, -0.15) is 0 Å². The van der Waals surface area contributed by atoms with E-state index in [1.54, 1.807) is 0 Å². The highest BCUT2D eigenvalue weighted by atomic mass is 16.4. The molecule has 0 rings (SSSR count). The number of carbonyl (C=O) groups excluding carboxylic acids is 3. The number of carboxylic acids is 1. The average molecular weight is 293 g/mol. The number of nitrogens with two attached hydrogens (primary N) is 1. The van der Waals surface area contributed by atoms with E-state index in [1.807, 2.05) is 0 Å². The molecule has 0 amide bonds. The van der Waals surface area contributed by atoms with Gasteiger partial charge in [0, 0.05) is 0 Å². The largest absolute Gasteiger partial charge is 0.480 e. The van der Waals surface area contributed by atoms with Crippen molar-refractivity contribution in [2.45, 2.75) is 25.3 Å². The van der Waals surface area contributed by atoms with Crippen molar-refractivity contribution in [2.75, 3.05) is 0 Å². The number of ketones is 3. The molecule has 3 N–H and O–H groups in total. The van der Waals surface area contributed by atoms with Crippen molar-refractivity contribution < 1.29 is 24.3 Å². The SMILES string of the molecule is C=CC(=O)C(CCCC(N)C(=O)O)(C(=O)C=C)C(=O)C=C. The third kappa shape index (κ3) is 4.06. The van der Waals surface area contributed by atoms with Crippen LogP contribution in [-0.4, -0.2) is 34.5 Å². The lowest BCUT2D eigenvalue weighted by Crippen LogP contribution is -2.44. The van der Waals surface area contributed by atoms with Gasteiger partial charge < -0.3 is 10.8 Å². The quantitative estimate of drug-likeness (QED) is 0.430. The van der Waals surface area contributed by atoms with Crippen molar-refractivity contribution in [3.8, 4) is 0 Å². The van der Waals surface area contributed by atoms with E-state index < -0.39 is 34.8 Å². The Morgan fingerprint density at radius 2 is 1.38 bits per heavy atom. The maximum atomic E-state index is 12.0. The van der Waals surface area contributed by atoms with Gasteiger partial charge in [0.25, 0.3) is 0 Å². The third-order valence-electron chi connectivity index (χ3n) is 3.20. The summed E-state index contributed by atoms with van der Waals surface area (Å²) < 4.78 is 0. The summed E-state index contributed by atoms with van der Waals surface area (Å²) in [5.74, 6) is -3.48. The lowest BCUT2D eigenvalue weighted by atomic mass is 9.71. The average Bonchev–Trinajstić information content (AvgIpc) is 2.48. The van der Waals surface area contributed by atoms with Gasteiger partial charge in [-0.15, -0.1) is 0 Å². The van der Waals surface area contributed by atoms with E-state index >= 15 is 0 Å². The van der Waals surface area contributed by atoms with E-state index in [2.05, 4.69) is 19.7 Å². The molecular weight excluding hydrogens is 274 g/mol. The summed E-state index contributed by atoms with van der Waals surface area (Å²) in [6, 6.07) is -1.13. The first-order chi connectivity index (χ1) is 9.77. The Hall–Kier alpha value is -2.34. The van der Waals surface area contributed by atoms with Gasteiger partial charge in [0.15, 0.2) is 22.8 Å². The topological polar surface area (TPSA) is 115 Å². The summed E-state index contributed by atoms with van der Waals surface area (Å²) in [6.07, 6.45) is 2.62. The van der Waals surface area contributed by atoms with Crippen molar-refractivity contribution in [3.63, 3.8) is 0 Å². The molecule has 0 spiro atoms. The highest BCUT2D eigenvalue weighted by Gasteiger charge is 2.47. The summed E-state index contributed by atoms with van der Waals surface area (Å²) in [6.45, 7) is 9.87. The van der Waals surface area contributed by atoms with Crippen LogP contribution in [0.5, 0.6) is 0 Å². The normalized spacial score (nSPS) is 12.0. The maximum Gasteiger partial charge on any atom is 0.320 e. The molecule has 0 aromatic heterocycles. The van der Waals surface area contributed by atoms with Crippen LogP contribution in [0.1, 0.15) is 19.3 Å². The second-order valence-electron chi connectivity index (χ2n) is 4.45. The zero-order chi connectivity index (χ0) is 16.6. The monoisotopic (exact) mass is 293 g/mol. The molecule has 0 aliphatic heterocycles. The van der Waals surface area contributed by atoms with E-state index in [9.17, 15) is 19.2 Å². The number of hydrogen-bond donors (Lipinski definition) is 2. The molecule has 0 heterocycles. The fourth-order valence-electron chi connectivity index (χ4n) is 1.97. The molecule has 0 aliphatic carbocycles. The molecule has 114 valence electrons. The predicted molar refractivity (Wildman–Crippen MR) is 77.5 cm³/mol. The van der Waals surface area contributed by atoms with Crippen molar-refractivity contribution in [1.82, 2.24) is 0 Å². The van der Waals surface area contributed by atoms with Crippen LogP contribution in [0.3, 0.4) is 0 Å². The Kier molecular flexibility index (Phi) is 7.16. The highest BCUT2D eigenvalue weighted by Crippen LogP contribution is 2.30. The smallest absolute Gasteiger partial charge is 0.320 e. The molecule has 1 atom stereocenters. The Morgan fingerprint density at radius 3 is 1.67 bits per heavy atom. The van der Waals surface area contributed by atoms with Gasteiger partial charge in [0.05, 0.1) is 0 Å². The highest BCUT2D eigenvalue weighted by molar-refractivity contribution is 6.31. The second kappa shape index (κ2) is 8.06. The minimum Gasteiger partial charge on any atom is -0.480 e. The lowest BCUT2D eigenvalue weighted by Gasteiger charge is -2.26. The van der Waals surface area contributed by atoms with Gasteiger partial charge in [0.2, 0.25) is 0 Å². The van der Waals surface area contributed by atoms with E-state index in [0.29, 0.717) is 0 Å². The molecule has 0 bridgehead atoms. The summed E-state index contributed by atoms with van der Waals surface area (Å²) in [7, 11) is 0. The molecule has 0 radical (unpaired) electrons. The van der Waals surface area contributed by atoms with Crippen LogP contribution in [-0.2, 0) is 19.2 Å². The van der Waals surface area contributed by atoms with E-state index in [0.717, 1.165) is 18.2 Å². The van der Waals surface area contributed by atoms with Crippen molar-refractivity contribution in [1.29, 1.82) is 0 Å². The molecule has 0 saturated carbocycles. The van der Waals surface area contributed by atoms with Crippen LogP contribution in [0, 0.1) is 5.41 Å². The molecule has 0 aromatic rings. The van der Waals surface area contributed by atoms with E-state index in [4.69, 9.17) is 10.8 Å². The summed E-state index contributed by atoms with van der Waals surface area (Å²) in [5.41, 5.74) is 3.39. The zero-order valence-electron chi connectivity index (χ0n) is 11.7. The first-order valence-electron chi connectivity index (χ1n) is 6.26. The Balaban J connectivity index is 5.43. The molecule has 0 aromatic carbocycles. The van der Waals surface area contributed by atoms with Gasteiger partial charge in [0.1, 0.15) is 6.04 Å². The van der Waals surface area contributed by atoms with Crippen LogP contribution in [0.15, 0.2) is 38.0 Å². The molecular formula is C15H19NO5. The molecule has 6 nitrogen and oxygen atoms in total. The molecule has 0 fully saturated rings. The fraction of sp³-hybridized carbons (Fsp3) is 0.333. The Bertz CT molecular complexity index is 442. The minimum absolute atomic E-state index is 0.0242. The number of aliphatic carboxylic acids is 1. The first-order valence-corrected chi connectivity index (χ1v) is 6.26. The lowest BCUT2D eigenvalue weighted by molar-refractivity contribution is -0.143. The summed E-state index contributed by atoms with van der Waals surface area (Å²) in [4.78, 5) is 46.8. The number of rotatable bonds is 11. The second-order valence-corrected chi connectivity index (χ2v) is 4.45. The molecule has 0 saturated heterocycles. The Morgan fingerprint density at radius 1 is 1.00 bits per heavy atom. The summed E-state index contributed by atoms with van der Waals surface area (Å²) in [5, 5.41) is 8.70. The van der Waals surface area contributed by atoms with Crippen LogP contribution in [0.4, 0.5) is 0 Å². The van der Waals surface area contributed by atoms with Crippen molar-refractivity contribution >= 4 is 23.3 Å². The van der Waals surface area contributed by atoms with Crippen LogP contribution in [0.2, 0.25) is 0 Å². The molecule has 1 unspecified atom stereocenters. The fourth-order valence-corrected chi connectivity index (χ4v) is 1.97. The van der Waals surface area contributed by atoms with Crippen LogP contribution < -0.4 is 5.73 Å². The van der Waals surface area contributed by atoms with Gasteiger partial charge in [-0.25, -0.2) is 0 Å². The maximum absolute atomic E-state index is 12.0. The van der Waals surface area contributed by atoms with E-state index in [-0.39, 0.29) is 19.3 Å². The number of hydrogen-bond acceptors (Lipinski definition) is 5. The Labute approximate surface area is 123 Å². The molecule has 0 aliphatic rings.